The van der Waals surface area contributed by atoms with Gasteiger partial charge in [0.1, 0.15) is 0 Å². The molecule has 1 saturated heterocycles. The van der Waals surface area contributed by atoms with Crippen LogP contribution in [0.2, 0.25) is 0 Å². The van der Waals surface area contributed by atoms with Gasteiger partial charge in [-0.1, -0.05) is 40.5 Å². The van der Waals surface area contributed by atoms with E-state index in [-0.39, 0.29) is 0 Å². The van der Waals surface area contributed by atoms with Crippen molar-refractivity contribution in [2.45, 2.75) is 78.3 Å². The highest BCUT2D eigenvalue weighted by Gasteiger charge is 2.44. The van der Waals surface area contributed by atoms with Crippen LogP contribution >= 0.6 is 0 Å². The first kappa shape index (κ1) is 15.3. The van der Waals surface area contributed by atoms with Gasteiger partial charge in [-0.05, 0) is 37.0 Å². The van der Waals surface area contributed by atoms with E-state index in [1.807, 2.05) is 0 Å². The van der Waals surface area contributed by atoms with E-state index in [0.29, 0.717) is 5.41 Å². The molecule has 1 aliphatic heterocycles. The molecule has 0 aromatic rings. The largest absolute Gasteiger partial charge is 0.311 e. The lowest BCUT2D eigenvalue weighted by Gasteiger charge is -2.44. The molecule has 19 heavy (non-hydrogen) atoms. The lowest BCUT2D eigenvalue weighted by atomic mass is 9.93. The molecule has 2 aliphatic rings. The molecule has 0 amide bonds. The van der Waals surface area contributed by atoms with Gasteiger partial charge >= 0.3 is 0 Å². The van der Waals surface area contributed by atoms with Crippen molar-refractivity contribution >= 4 is 0 Å². The standard InChI is InChI=1S/C17H34N2/c1-5-7-15-12-19(16(11-18-15)14(3)4)13-17(8-6-2)9-10-17/h14-16,18H,5-13H2,1-4H3. The third-order valence-corrected chi connectivity index (χ3v) is 5.22. The Morgan fingerprint density at radius 2 is 1.95 bits per heavy atom. The average molecular weight is 266 g/mol. The summed E-state index contributed by atoms with van der Waals surface area (Å²) in [6.45, 7) is 13.3. The highest BCUT2D eigenvalue weighted by atomic mass is 15.2. The molecule has 2 rings (SSSR count). The monoisotopic (exact) mass is 266 g/mol. The fourth-order valence-corrected chi connectivity index (χ4v) is 3.91. The van der Waals surface area contributed by atoms with Crippen LogP contribution in [0.3, 0.4) is 0 Å². The fraction of sp³-hybridized carbons (Fsp3) is 1.00. The number of nitrogens with zero attached hydrogens (tertiary/aromatic N) is 1. The molecule has 1 aliphatic carbocycles. The average Bonchev–Trinajstić information content (AvgIpc) is 3.09. The van der Waals surface area contributed by atoms with Gasteiger partial charge < -0.3 is 5.32 Å². The maximum atomic E-state index is 3.78. The zero-order valence-electron chi connectivity index (χ0n) is 13.5. The maximum absolute atomic E-state index is 3.78. The fourth-order valence-electron chi connectivity index (χ4n) is 3.91. The number of nitrogens with one attached hydrogen (secondary N) is 1. The molecule has 0 aromatic heterocycles. The second-order valence-corrected chi connectivity index (χ2v) is 7.38. The van der Waals surface area contributed by atoms with Gasteiger partial charge in [-0.25, -0.2) is 0 Å². The van der Waals surface area contributed by atoms with E-state index in [1.165, 1.54) is 58.2 Å². The predicted octanol–water partition coefficient (Wildman–Crippen LogP) is 3.67. The van der Waals surface area contributed by atoms with Crippen molar-refractivity contribution in [1.82, 2.24) is 10.2 Å². The van der Waals surface area contributed by atoms with E-state index in [0.717, 1.165) is 18.0 Å². The van der Waals surface area contributed by atoms with Crippen molar-refractivity contribution in [2.75, 3.05) is 19.6 Å². The third kappa shape index (κ3) is 3.95. The van der Waals surface area contributed by atoms with Gasteiger partial charge in [0.25, 0.3) is 0 Å². The highest BCUT2D eigenvalue weighted by Crippen LogP contribution is 2.50. The van der Waals surface area contributed by atoms with Crippen LogP contribution in [-0.2, 0) is 0 Å². The molecule has 1 heterocycles. The van der Waals surface area contributed by atoms with Crippen molar-refractivity contribution in [1.29, 1.82) is 0 Å². The van der Waals surface area contributed by atoms with Crippen LogP contribution in [0.25, 0.3) is 0 Å². The maximum Gasteiger partial charge on any atom is 0.0244 e. The summed E-state index contributed by atoms with van der Waals surface area (Å²) >= 11 is 0. The molecule has 2 nitrogen and oxygen atoms in total. The van der Waals surface area contributed by atoms with Crippen LogP contribution in [-0.4, -0.2) is 36.6 Å². The first-order chi connectivity index (χ1) is 9.10. The second-order valence-electron chi connectivity index (χ2n) is 7.38. The minimum atomic E-state index is 0.704. The first-order valence-electron chi connectivity index (χ1n) is 8.57. The molecule has 2 unspecified atom stereocenters. The molecule has 112 valence electrons. The molecular formula is C17H34N2. The zero-order valence-corrected chi connectivity index (χ0v) is 13.5. The van der Waals surface area contributed by atoms with E-state index < -0.39 is 0 Å². The quantitative estimate of drug-likeness (QED) is 0.756. The van der Waals surface area contributed by atoms with Crippen molar-refractivity contribution < 1.29 is 0 Å². The Bertz CT molecular complexity index is 270. The summed E-state index contributed by atoms with van der Waals surface area (Å²) in [6, 6.07) is 1.49. The topological polar surface area (TPSA) is 15.3 Å². The van der Waals surface area contributed by atoms with Crippen LogP contribution in [0.1, 0.15) is 66.2 Å². The van der Waals surface area contributed by atoms with E-state index in [4.69, 9.17) is 0 Å². The summed E-state index contributed by atoms with van der Waals surface area (Å²) in [6.07, 6.45) is 8.40. The number of hydrogen-bond donors (Lipinski definition) is 1. The van der Waals surface area contributed by atoms with E-state index in [2.05, 4.69) is 37.9 Å². The molecule has 0 spiro atoms. The van der Waals surface area contributed by atoms with E-state index in [9.17, 15) is 0 Å². The van der Waals surface area contributed by atoms with Crippen LogP contribution in [0, 0.1) is 11.3 Å². The summed E-state index contributed by atoms with van der Waals surface area (Å²) in [5.74, 6) is 0.771. The minimum Gasteiger partial charge on any atom is -0.311 e. The Labute approximate surface area is 120 Å². The Morgan fingerprint density at radius 1 is 1.21 bits per heavy atom. The Balaban J connectivity index is 1.95. The lowest BCUT2D eigenvalue weighted by molar-refractivity contribution is 0.0721. The molecule has 0 radical (unpaired) electrons. The molecule has 0 bridgehead atoms. The Morgan fingerprint density at radius 3 is 2.47 bits per heavy atom. The van der Waals surface area contributed by atoms with Crippen LogP contribution in [0.15, 0.2) is 0 Å². The van der Waals surface area contributed by atoms with Crippen LogP contribution < -0.4 is 5.32 Å². The molecule has 1 N–H and O–H groups in total. The number of rotatable bonds is 7. The molecule has 2 heteroatoms. The van der Waals surface area contributed by atoms with Crippen LogP contribution in [0.5, 0.6) is 0 Å². The lowest BCUT2D eigenvalue weighted by Crippen LogP contribution is -2.59. The first-order valence-corrected chi connectivity index (χ1v) is 8.57. The van der Waals surface area contributed by atoms with Gasteiger partial charge in [-0.2, -0.15) is 0 Å². The zero-order chi connectivity index (χ0) is 13.9. The van der Waals surface area contributed by atoms with Crippen molar-refractivity contribution in [3.63, 3.8) is 0 Å². The molecular weight excluding hydrogens is 232 g/mol. The van der Waals surface area contributed by atoms with Gasteiger partial charge in [-0.3, -0.25) is 4.90 Å². The number of piperazine rings is 1. The summed E-state index contributed by atoms with van der Waals surface area (Å²) in [5, 5.41) is 3.78. The van der Waals surface area contributed by atoms with Gasteiger partial charge in [0.2, 0.25) is 0 Å². The normalized spacial score (nSPS) is 30.8. The summed E-state index contributed by atoms with van der Waals surface area (Å²) in [4.78, 5) is 2.84. The predicted molar refractivity (Wildman–Crippen MR) is 83.5 cm³/mol. The summed E-state index contributed by atoms with van der Waals surface area (Å²) < 4.78 is 0. The van der Waals surface area contributed by atoms with E-state index in [1.54, 1.807) is 0 Å². The van der Waals surface area contributed by atoms with Gasteiger partial charge in [0.05, 0.1) is 0 Å². The minimum absolute atomic E-state index is 0.704. The third-order valence-electron chi connectivity index (χ3n) is 5.22. The van der Waals surface area contributed by atoms with Gasteiger partial charge in [0.15, 0.2) is 0 Å². The molecule has 1 saturated carbocycles. The molecule has 2 atom stereocenters. The Hall–Kier alpha value is -0.0800. The van der Waals surface area contributed by atoms with Crippen molar-refractivity contribution in [3.05, 3.63) is 0 Å². The Kier molecular flexibility index (Phi) is 5.30. The molecule has 0 aromatic carbocycles. The summed E-state index contributed by atoms with van der Waals surface area (Å²) in [5.41, 5.74) is 0.704. The smallest absolute Gasteiger partial charge is 0.0244 e. The number of hydrogen-bond acceptors (Lipinski definition) is 2. The van der Waals surface area contributed by atoms with Gasteiger partial charge in [0, 0.05) is 31.7 Å². The van der Waals surface area contributed by atoms with Crippen molar-refractivity contribution in [3.8, 4) is 0 Å². The molecule has 2 fully saturated rings. The van der Waals surface area contributed by atoms with Crippen molar-refractivity contribution in [2.24, 2.45) is 11.3 Å². The summed E-state index contributed by atoms with van der Waals surface area (Å²) in [7, 11) is 0. The highest BCUT2D eigenvalue weighted by molar-refractivity contribution is 4.98. The second kappa shape index (κ2) is 6.58. The van der Waals surface area contributed by atoms with E-state index >= 15 is 0 Å². The van der Waals surface area contributed by atoms with Gasteiger partial charge in [-0.15, -0.1) is 0 Å². The SMILES string of the molecule is CCCC1CN(CC2(CCC)CC2)C(C(C)C)CN1. The van der Waals surface area contributed by atoms with Crippen LogP contribution in [0.4, 0.5) is 0 Å².